The van der Waals surface area contributed by atoms with Gasteiger partial charge in [-0.2, -0.15) is 0 Å². The standard InChI is InChI=1S/C14H15IO/c1-16-14-5-4-11(8-13(14)15)12-7-9-2-3-10(12)6-9/h2-5,8-10,12H,6-7H2,1H3. The van der Waals surface area contributed by atoms with Crippen molar-refractivity contribution in [2.75, 3.05) is 7.11 Å². The highest BCUT2D eigenvalue weighted by Crippen LogP contribution is 2.49. The van der Waals surface area contributed by atoms with Gasteiger partial charge in [0.05, 0.1) is 10.7 Å². The lowest BCUT2D eigenvalue weighted by atomic mass is 9.87. The topological polar surface area (TPSA) is 9.23 Å². The molecule has 1 nitrogen and oxygen atoms in total. The number of hydrogen-bond acceptors (Lipinski definition) is 1. The Morgan fingerprint density at radius 3 is 2.69 bits per heavy atom. The molecule has 0 spiro atoms. The van der Waals surface area contributed by atoms with Crippen molar-refractivity contribution in [1.29, 1.82) is 0 Å². The predicted octanol–water partition coefficient (Wildman–Crippen LogP) is 3.98. The summed E-state index contributed by atoms with van der Waals surface area (Å²) in [6.45, 7) is 0. The molecule has 0 amide bonds. The molecule has 1 aromatic carbocycles. The minimum atomic E-state index is 0.745. The van der Waals surface area contributed by atoms with Gasteiger partial charge in [-0.15, -0.1) is 0 Å². The second-order valence-electron chi connectivity index (χ2n) is 4.78. The molecule has 0 aromatic heterocycles. The molecular weight excluding hydrogens is 311 g/mol. The Labute approximate surface area is 110 Å². The maximum Gasteiger partial charge on any atom is 0.132 e. The molecule has 0 heterocycles. The maximum atomic E-state index is 5.30. The van der Waals surface area contributed by atoms with Crippen molar-refractivity contribution >= 4 is 22.6 Å². The van der Waals surface area contributed by atoms with E-state index in [0.29, 0.717) is 0 Å². The van der Waals surface area contributed by atoms with E-state index < -0.39 is 0 Å². The number of ether oxygens (including phenoxy) is 1. The van der Waals surface area contributed by atoms with Crippen LogP contribution in [0.4, 0.5) is 0 Å². The first kappa shape index (κ1) is 10.6. The lowest BCUT2D eigenvalue weighted by molar-refractivity contribution is 0.411. The van der Waals surface area contributed by atoms with E-state index in [1.165, 1.54) is 22.0 Å². The Morgan fingerprint density at radius 2 is 2.12 bits per heavy atom. The number of allylic oxidation sites excluding steroid dienone is 2. The van der Waals surface area contributed by atoms with E-state index in [1.807, 2.05) is 0 Å². The van der Waals surface area contributed by atoms with Crippen molar-refractivity contribution in [2.24, 2.45) is 11.8 Å². The Kier molecular flexibility index (Phi) is 2.70. The van der Waals surface area contributed by atoms with Gasteiger partial charge in [0.25, 0.3) is 0 Å². The molecule has 1 aromatic rings. The molecule has 3 unspecified atom stereocenters. The number of benzene rings is 1. The summed E-state index contributed by atoms with van der Waals surface area (Å²) in [7, 11) is 1.73. The third-order valence-electron chi connectivity index (χ3n) is 3.88. The molecule has 0 aliphatic heterocycles. The summed E-state index contributed by atoms with van der Waals surface area (Å²) < 4.78 is 6.53. The largest absolute Gasteiger partial charge is 0.496 e. The third-order valence-corrected chi connectivity index (χ3v) is 4.73. The van der Waals surface area contributed by atoms with Crippen molar-refractivity contribution in [2.45, 2.75) is 18.8 Å². The van der Waals surface area contributed by atoms with Gasteiger partial charge in [0.1, 0.15) is 5.75 Å². The average molecular weight is 326 g/mol. The van der Waals surface area contributed by atoms with Crippen molar-refractivity contribution in [3.63, 3.8) is 0 Å². The number of hydrogen-bond donors (Lipinski definition) is 0. The fraction of sp³-hybridized carbons (Fsp3) is 0.429. The highest BCUT2D eigenvalue weighted by atomic mass is 127. The fourth-order valence-electron chi connectivity index (χ4n) is 3.08. The van der Waals surface area contributed by atoms with Gasteiger partial charge in [-0.1, -0.05) is 18.2 Å². The molecule has 1 saturated carbocycles. The van der Waals surface area contributed by atoms with Crippen LogP contribution in [0.15, 0.2) is 30.4 Å². The lowest BCUT2D eigenvalue weighted by Crippen LogP contribution is -2.05. The van der Waals surface area contributed by atoms with Crippen LogP contribution in [0.5, 0.6) is 5.75 Å². The molecule has 3 rings (SSSR count). The van der Waals surface area contributed by atoms with E-state index in [2.05, 4.69) is 52.9 Å². The van der Waals surface area contributed by atoms with Crippen LogP contribution in [0, 0.1) is 15.4 Å². The smallest absolute Gasteiger partial charge is 0.132 e. The van der Waals surface area contributed by atoms with Crippen LogP contribution in [0.25, 0.3) is 0 Å². The van der Waals surface area contributed by atoms with Crippen LogP contribution in [0.1, 0.15) is 24.3 Å². The molecular formula is C14H15IO. The molecule has 2 aliphatic carbocycles. The van der Waals surface area contributed by atoms with Crippen molar-refractivity contribution in [3.05, 3.63) is 39.5 Å². The van der Waals surface area contributed by atoms with Crippen LogP contribution in [0.3, 0.4) is 0 Å². The van der Waals surface area contributed by atoms with Crippen LogP contribution in [-0.2, 0) is 0 Å². The van der Waals surface area contributed by atoms with E-state index in [4.69, 9.17) is 4.74 Å². The Hall–Kier alpha value is -0.510. The zero-order valence-electron chi connectivity index (χ0n) is 9.32. The van der Waals surface area contributed by atoms with Gasteiger partial charge in [0.2, 0.25) is 0 Å². The van der Waals surface area contributed by atoms with Gasteiger partial charge >= 0.3 is 0 Å². The maximum absolute atomic E-state index is 5.30. The number of methoxy groups -OCH3 is 1. The molecule has 2 heteroatoms. The summed E-state index contributed by atoms with van der Waals surface area (Å²) in [5.74, 6) is 3.36. The van der Waals surface area contributed by atoms with Crippen molar-refractivity contribution in [1.82, 2.24) is 0 Å². The Morgan fingerprint density at radius 1 is 1.25 bits per heavy atom. The van der Waals surface area contributed by atoms with Crippen LogP contribution in [-0.4, -0.2) is 7.11 Å². The molecule has 2 aliphatic rings. The zero-order valence-corrected chi connectivity index (χ0v) is 11.5. The van der Waals surface area contributed by atoms with Crippen molar-refractivity contribution in [3.8, 4) is 5.75 Å². The molecule has 1 fully saturated rings. The van der Waals surface area contributed by atoms with Crippen LogP contribution < -0.4 is 4.74 Å². The number of rotatable bonds is 2. The summed E-state index contributed by atoms with van der Waals surface area (Å²) in [6, 6.07) is 6.63. The highest BCUT2D eigenvalue weighted by Gasteiger charge is 2.36. The molecule has 0 radical (unpaired) electrons. The van der Waals surface area contributed by atoms with Gasteiger partial charge in [-0.25, -0.2) is 0 Å². The highest BCUT2D eigenvalue weighted by molar-refractivity contribution is 14.1. The third kappa shape index (κ3) is 1.67. The van der Waals surface area contributed by atoms with Gasteiger partial charge in [0, 0.05) is 0 Å². The Balaban J connectivity index is 1.90. The quantitative estimate of drug-likeness (QED) is 0.590. The summed E-state index contributed by atoms with van der Waals surface area (Å²) in [6.07, 6.45) is 7.52. The second kappa shape index (κ2) is 4.06. The van der Waals surface area contributed by atoms with Gasteiger partial charge in [-0.05, 0) is 70.9 Å². The van der Waals surface area contributed by atoms with Gasteiger partial charge < -0.3 is 4.74 Å². The van der Waals surface area contributed by atoms with E-state index >= 15 is 0 Å². The van der Waals surface area contributed by atoms with Crippen LogP contribution >= 0.6 is 22.6 Å². The SMILES string of the molecule is COc1ccc(C2CC3C=CC2C3)cc1I. The van der Waals surface area contributed by atoms with Crippen molar-refractivity contribution < 1.29 is 4.74 Å². The van der Waals surface area contributed by atoms with E-state index in [-0.39, 0.29) is 0 Å². The first-order chi connectivity index (χ1) is 7.78. The fourth-order valence-corrected chi connectivity index (χ4v) is 3.84. The van der Waals surface area contributed by atoms with Gasteiger partial charge in [-0.3, -0.25) is 0 Å². The first-order valence-electron chi connectivity index (χ1n) is 5.79. The number of fused-ring (bicyclic) bond motifs is 2. The van der Waals surface area contributed by atoms with Gasteiger partial charge in [0.15, 0.2) is 0 Å². The molecule has 84 valence electrons. The average Bonchev–Trinajstić information content (AvgIpc) is 2.90. The monoisotopic (exact) mass is 326 g/mol. The normalized spacial score (nSPS) is 31.0. The molecule has 0 saturated heterocycles. The molecule has 16 heavy (non-hydrogen) atoms. The van der Waals surface area contributed by atoms with E-state index in [9.17, 15) is 0 Å². The second-order valence-corrected chi connectivity index (χ2v) is 5.94. The summed E-state index contributed by atoms with van der Waals surface area (Å²) in [5, 5.41) is 0. The van der Waals surface area contributed by atoms with E-state index in [1.54, 1.807) is 7.11 Å². The summed E-state index contributed by atoms with van der Waals surface area (Å²) >= 11 is 2.36. The number of halogens is 1. The minimum Gasteiger partial charge on any atom is -0.496 e. The van der Waals surface area contributed by atoms with Crippen LogP contribution in [0.2, 0.25) is 0 Å². The molecule has 2 bridgehead atoms. The minimum absolute atomic E-state index is 0.745. The predicted molar refractivity (Wildman–Crippen MR) is 73.8 cm³/mol. The molecule has 3 atom stereocenters. The molecule has 0 N–H and O–H groups in total. The Bertz CT molecular complexity index is 438. The summed E-state index contributed by atoms with van der Waals surface area (Å²) in [4.78, 5) is 0. The zero-order chi connectivity index (χ0) is 11.1. The lowest BCUT2D eigenvalue weighted by Gasteiger charge is -2.19. The van der Waals surface area contributed by atoms with E-state index in [0.717, 1.165) is 23.5 Å². The summed E-state index contributed by atoms with van der Waals surface area (Å²) in [5.41, 5.74) is 1.49. The first-order valence-corrected chi connectivity index (χ1v) is 6.87.